The van der Waals surface area contributed by atoms with Gasteiger partial charge < -0.3 is 19.9 Å². The van der Waals surface area contributed by atoms with Crippen LogP contribution in [-0.4, -0.2) is 46.0 Å². The molecule has 2 saturated heterocycles. The molecule has 7 nitrogen and oxygen atoms in total. The van der Waals surface area contributed by atoms with Crippen molar-refractivity contribution in [1.82, 2.24) is 10.2 Å². The van der Waals surface area contributed by atoms with Crippen LogP contribution in [0, 0.1) is 23.7 Å². The molecule has 43 heavy (non-hydrogen) atoms. The van der Waals surface area contributed by atoms with Gasteiger partial charge in [0.25, 0.3) is 0 Å². The minimum atomic E-state index is -1.12. The maximum absolute atomic E-state index is 13.7. The average molecular weight is 587 g/mol. The van der Waals surface area contributed by atoms with Crippen LogP contribution >= 0.6 is 0 Å². The molecule has 1 saturated carbocycles. The second kappa shape index (κ2) is 13.1. The monoisotopic (exact) mass is 586 g/mol. The summed E-state index contributed by atoms with van der Waals surface area (Å²) in [6.45, 7) is 15.5. The SMILES string of the molecule is C=C1CC[C@H](C(C)C)[C@@H]2[C@H]1[C@H]1CC(=C)[C@@H](OC(=O)N(Cc3ccccc3)C(=O)NCc3ccccc3)CC[C@@](C)(O)[C@@H]2O1. The largest absolute Gasteiger partial charge is 0.441 e. The van der Waals surface area contributed by atoms with Crippen molar-refractivity contribution < 1.29 is 24.2 Å². The Morgan fingerprint density at radius 3 is 2.35 bits per heavy atom. The molecule has 230 valence electrons. The number of imide groups is 1. The molecule has 7 atom stereocenters. The Bertz CT molecular complexity index is 1310. The standard InChI is InChI=1S/C36H46N2O5/c1-23(2)28-17-16-24(3)31-30-20-25(4)29(18-19-36(5,41)33(42-30)32(28)31)43-35(40)38(22-27-14-10-7-11-15-27)34(39)37-21-26-12-8-6-9-13-26/h6-15,23,28-33,41H,3-4,16-22H2,1-2,5H3,(H,37,39)/t28-,29+,30-,31-,32-,33-,36-/m1/s1. The molecule has 2 aromatic carbocycles. The summed E-state index contributed by atoms with van der Waals surface area (Å²) in [5, 5.41) is 14.7. The molecule has 0 unspecified atom stereocenters. The van der Waals surface area contributed by atoms with E-state index in [0.29, 0.717) is 31.1 Å². The maximum atomic E-state index is 13.7. The second-order valence-electron chi connectivity index (χ2n) is 13.1. The number of amides is 3. The number of urea groups is 1. The molecule has 7 heteroatoms. The number of hydrogen-bond acceptors (Lipinski definition) is 5. The highest BCUT2D eigenvalue weighted by Crippen LogP contribution is 2.55. The quantitative estimate of drug-likeness (QED) is 0.355. The van der Waals surface area contributed by atoms with Crippen molar-refractivity contribution in [3.05, 3.63) is 96.1 Å². The van der Waals surface area contributed by atoms with E-state index in [4.69, 9.17) is 9.47 Å². The third kappa shape index (κ3) is 6.89. The van der Waals surface area contributed by atoms with Gasteiger partial charge in [0, 0.05) is 12.5 Å². The van der Waals surface area contributed by atoms with Gasteiger partial charge in [0.05, 0.1) is 24.4 Å². The molecular weight excluding hydrogens is 540 g/mol. The molecule has 2 aromatic rings. The van der Waals surface area contributed by atoms with Crippen molar-refractivity contribution in [1.29, 1.82) is 0 Å². The van der Waals surface area contributed by atoms with E-state index < -0.39 is 23.8 Å². The van der Waals surface area contributed by atoms with Gasteiger partial charge in [-0.2, -0.15) is 0 Å². The Morgan fingerprint density at radius 1 is 1.05 bits per heavy atom. The van der Waals surface area contributed by atoms with Crippen LogP contribution in [0.1, 0.15) is 64.0 Å². The van der Waals surface area contributed by atoms with Crippen LogP contribution in [0.15, 0.2) is 85.0 Å². The van der Waals surface area contributed by atoms with Crippen molar-refractivity contribution >= 4 is 12.1 Å². The summed E-state index contributed by atoms with van der Waals surface area (Å²) in [4.78, 5) is 28.2. The zero-order chi connectivity index (χ0) is 30.7. The summed E-state index contributed by atoms with van der Waals surface area (Å²) in [5.74, 6) is 1.24. The molecule has 2 N–H and O–H groups in total. The van der Waals surface area contributed by atoms with E-state index in [1.54, 1.807) is 0 Å². The van der Waals surface area contributed by atoms with Crippen LogP contribution in [0.5, 0.6) is 0 Å². The number of ether oxygens (including phenoxy) is 2. The number of carbonyl (C=O) groups is 2. The molecule has 3 fully saturated rings. The molecule has 5 rings (SSSR count). The predicted molar refractivity (Wildman–Crippen MR) is 167 cm³/mol. The molecule has 0 radical (unpaired) electrons. The van der Waals surface area contributed by atoms with E-state index >= 15 is 0 Å². The number of benzene rings is 2. The van der Waals surface area contributed by atoms with Gasteiger partial charge in [-0.05, 0) is 73.5 Å². The number of nitrogens with zero attached hydrogens (tertiary/aromatic N) is 1. The average Bonchev–Trinajstić information content (AvgIpc) is 3.39. The van der Waals surface area contributed by atoms with E-state index in [1.807, 2.05) is 67.6 Å². The van der Waals surface area contributed by atoms with E-state index in [9.17, 15) is 14.7 Å². The molecule has 2 bridgehead atoms. The van der Waals surface area contributed by atoms with Gasteiger partial charge in [0.15, 0.2) is 0 Å². The highest BCUT2D eigenvalue weighted by Gasteiger charge is 2.57. The van der Waals surface area contributed by atoms with Crippen LogP contribution in [0.2, 0.25) is 0 Å². The highest BCUT2D eigenvalue weighted by atomic mass is 16.6. The van der Waals surface area contributed by atoms with E-state index in [-0.39, 0.29) is 37.1 Å². The van der Waals surface area contributed by atoms with Crippen LogP contribution in [-0.2, 0) is 22.6 Å². The Hall–Kier alpha value is -3.42. The zero-order valence-electron chi connectivity index (χ0n) is 25.7. The maximum Gasteiger partial charge on any atom is 0.418 e. The lowest BCUT2D eigenvalue weighted by Crippen LogP contribution is -2.49. The van der Waals surface area contributed by atoms with E-state index in [1.165, 1.54) is 5.57 Å². The first-order chi connectivity index (χ1) is 20.5. The molecule has 3 aliphatic rings. The zero-order valence-corrected chi connectivity index (χ0v) is 25.7. The van der Waals surface area contributed by atoms with E-state index in [2.05, 4.69) is 32.3 Å². The van der Waals surface area contributed by atoms with E-state index in [0.717, 1.165) is 34.4 Å². The van der Waals surface area contributed by atoms with Gasteiger partial charge in [-0.3, -0.25) is 0 Å². The lowest BCUT2D eigenvalue weighted by Gasteiger charge is -2.44. The van der Waals surface area contributed by atoms with Crippen LogP contribution in [0.3, 0.4) is 0 Å². The Morgan fingerprint density at radius 2 is 1.70 bits per heavy atom. The molecule has 0 aromatic heterocycles. The molecule has 2 aliphatic heterocycles. The molecular formula is C36H46N2O5. The fraction of sp³-hybridized carbons (Fsp3) is 0.500. The Labute approximate surface area is 256 Å². The number of carbonyl (C=O) groups excluding carboxylic acids is 2. The summed E-state index contributed by atoms with van der Waals surface area (Å²) in [6, 6.07) is 18.4. The number of hydrogen-bond donors (Lipinski definition) is 2. The normalized spacial score (nSPS) is 30.5. The molecule has 2 heterocycles. The highest BCUT2D eigenvalue weighted by molar-refractivity contribution is 5.91. The first-order valence-corrected chi connectivity index (χ1v) is 15.6. The van der Waals surface area contributed by atoms with Crippen LogP contribution < -0.4 is 5.32 Å². The van der Waals surface area contributed by atoms with Crippen LogP contribution in [0.4, 0.5) is 9.59 Å². The number of rotatable bonds is 6. The number of aliphatic hydroxyl groups is 1. The van der Waals surface area contributed by atoms with Crippen molar-refractivity contribution in [2.75, 3.05) is 0 Å². The Balaban J connectivity index is 1.34. The summed E-state index contributed by atoms with van der Waals surface area (Å²) in [6.07, 6.45) is 1.36. The lowest BCUT2D eigenvalue weighted by atomic mass is 9.61. The van der Waals surface area contributed by atoms with Gasteiger partial charge in [-0.25, -0.2) is 14.5 Å². The van der Waals surface area contributed by atoms with Gasteiger partial charge in [0.1, 0.15) is 6.10 Å². The van der Waals surface area contributed by atoms with Gasteiger partial charge in [-0.15, -0.1) is 0 Å². The smallest absolute Gasteiger partial charge is 0.418 e. The van der Waals surface area contributed by atoms with Crippen molar-refractivity contribution in [2.24, 2.45) is 23.7 Å². The first-order valence-electron chi connectivity index (χ1n) is 15.6. The summed E-state index contributed by atoms with van der Waals surface area (Å²) in [7, 11) is 0. The minimum Gasteiger partial charge on any atom is -0.441 e. The summed E-state index contributed by atoms with van der Waals surface area (Å²) in [5.41, 5.74) is 2.52. The number of nitrogens with one attached hydrogen (secondary N) is 1. The Kier molecular flexibility index (Phi) is 9.42. The predicted octanol–water partition coefficient (Wildman–Crippen LogP) is 7.02. The lowest BCUT2D eigenvalue weighted by molar-refractivity contribution is -0.117. The number of fused-ring (bicyclic) bond motifs is 5. The minimum absolute atomic E-state index is 0.0607. The van der Waals surface area contributed by atoms with Gasteiger partial charge in [-0.1, -0.05) is 93.2 Å². The first kappa shape index (κ1) is 31.0. The van der Waals surface area contributed by atoms with Crippen LogP contribution in [0.25, 0.3) is 0 Å². The summed E-state index contributed by atoms with van der Waals surface area (Å²) < 4.78 is 12.7. The van der Waals surface area contributed by atoms with Crippen molar-refractivity contribution in [3.63, 3.8) is 0 Å². The second-order valence-corrected chi connectivity index (χ2v) is 13.1. The van der Waals surface area contributed by atoms with Crippen molar-refractivity contribution in [2.45, 2.75) is 89.9 Å². The fourth-order valence-electron chi connectivity index (χ4n) is 7.39. The van der Waals surface area contributed by atoms with Crippen molar-refractivity contribution in [3.8, 4) is 0 Å². The third-order valence-electron chi connectivity index (χ3n) is 9.73. The summed E-state index contributed by atoms with van der Waals surface area (Å²) >= 11 is 0. The fourth-order valence-corrected chi connectivity index (χ4v) is 7.39. The van der Waals surface area contributed by atoms with Gasteiger partial charge in [0.2, 0.25) is 0 Å². The molecule has 1 aliphatic carbocycles. The third-order valence-corrected chi connectivity index (χ3v) is 9.73. The molecule has 0 spiro atoms. The van der Waals surface area contributed by atoms with Gasteiger partial charge >= 0.3 is 12.1 Å². The topological polar surface area (TPSA) is 88.1 Å². The molecule has 3 amide bonds.